The van der Waals surface area contributed by atoms with Crippen LogP contribution in [0.2, 0.25) is 0 Å². The number of halogens is 1. The molecular formula is C19H23ClN6O2. The molecule has 1 saturated heterocycles. The monoisotopic (exact) mass is 402 g/mol. The molecule has 9 heteroatoms. The number of benzene rings is 1. The van der Waals surface area contributed by atoms with Gasteiger partial charge in [-0.15, -0.1) is 12.4 Å². The highest BCUT2D eigenvalue weighted by Crippen LogP contribution is 2.21. The predicted octanol–water partition coefficient (Wildman–Crippen LogP) is 1.11. The molecule has 1 N–H and O–H groups in total. The van der Waals surface area contributed by atoms with Gasteiger partial charge in [-0.1, -0.05) is 12.1 Å². The van der Waals surface area contributed by atoms with Gasteiger partial charge in [0.15, 0.2) is 0 Å². The first-order chi connectivity index (χ1) is 13.1. The third kappa shape index (κ3) is 3.79. The summed E-state index contributed by atoms with van der Waals surface area (Å²) in [6, 6.07) is 7.14. The summed E-state index contributed by atoms with van der Waals surface area (Å²) < 4.78 is 3.45. The summed E-state index contributed by atoms with van der Waals surface area (Å²) >= 11 is 0. The lowest BCUT2D eigenvalue weighted by atomic mass is 10.1. The van der Waals surface area contributed by atoms with Crippen LogP contribution in [0.1, 0.15) is 18.3 Å². The number of hydrogen-bond donors (Lipinski definition) is 1. The summed E-state index contributed by atoms with van der Waals surface area (Å²) in [4.78, 5) is 36.1. The number of aromatic nitrogens is 4. The number of piperazine rings is 1. The number of carbonyl (C=O) groups excluding carboxylic acids is 1. The number of amides is 1. The van der Waals surface area contributed by atoms with E-state index < -0.39 is 0 Å². The number of aryl methyl sites for hydroxylation is 2. The molecular weight excluding hydrogens is 380 g/mol. The number of nitrogens with one attached hydrogen (secondary N) is 1. The lowest BCUT2D eigenvalue weighted by Crippen LogP contribution is -2.49. The van der Waals surface area contributed by atoms with Crippen molar-refractivity contribution in [2.45, 2.75) is 19.0 Å². The second-order valence-corrected chi connectivity index (χ2v) is 6.71. The van der Waals surface area contributed by atoms with Crippen molar-refractivity contribution in [3.63, 3.8) is 0 Å². The van der Waals surface area contributed by atoms with Crippen molar-refractivity contribution >= 4 is 29.2 Å². The molecule has 0 spiro atoms. The third-order valence-corrected chi connectivity index (χ3v) is 5.02. The van der Waals surface area contributed by atoms with E-state index in [1.54, 1.807) is 12.3 Å². The van der Waals surface area contributed by atoms with Crippen molar-refractivity contribution in [2.24, 2.45) is 7.05 Å². The van der Waals surface area contributed by atoms with E-state index in [-0.39, 0.29) is 36.3 Å². The fraction of sp³-hybridized carbons (Fsp3) is 0.368. The Morgan fingerprint density at radius 3 is 2.89 bits per heavy atom. The molecule has 1 amide bonds. The molecule has 1 fully saturated rings. The predicted molar refractivity (Wildman–Crippen MR) is 108 cm³/mol. The zero-order chi connectivity index (χ0) is 18.8. The van der Waals surface area contributed by atoms with E-state index in [2.05, 4.69) is 15.3 Å². The van der Waals surface area contributed by atoms with Crippen molar-refractivity contribution in [1.29, 1.82) is 0 Å². The summed E-state index contributed by atoms with van der Waals surface area (Å²) in [5.74, 6) is 0.879. The van der Waals surface area contributed by atoms with Crippen molar-refractivity contribution in [1.82, 2.24) is 29.3 Å². The Morgan fingerprint density at radius 2 is 2.11 bits per heavy atom. The number of fused-ring (bicyclic) bond motifs is 1. The molecule has 3 aromatic rings. The maximum atomic E-state index is 12.9. The highest BCUT2D eigenvalue weighted by atomic mass is 35.5. The Bertz CT molecular complexity index is 1030. The Hall–Kier alpha value is -2.71. The van der Waals surface area contributed by atoms with Gasteiger partial charge in [-0.3, -0.25) is 14.2 Å². The van der Waals surface area contributed by atoms with E-state index in [0.29, 0.717) is 30.5 Å². The fourth-order valence-corrected chi connectivity index (χ4v) is 3.56. The minimum absolute atomic E-state index is 0. The van der Waals surface area contributed by atoms with Gasteiger partial charge in [0, 0.05) is 52.0 Å². The molecule has 3 heterocycles. The number of carbonyl (C=O) groups is 1. The molecule has 1 aromatic carbocycles. The largest absolute Gasteiger partial charge is 0.336 e. The van der Waals surface area contributed by atoms with Crippen LogP contribution in [0, 0.1) is 0 Å². The fourth-order valence-electron chi connectivity index (χ4n) is 3.56. The van der Waals surface area contributed by atoms with Gasteiger partial charge in [-0.25, -0.2) is 9.97 Å². The van der Waals surface area contributed by atoms with Gasteiger partial charge < -0.3 is 14.8 Å². The molecule has 0 bridgehead atoms. The molecule has 0 aliphatic carbocycles. The smallest absolute Gasteiger partial charge is 0.261 e. The summed E-state index contributed by atoms with van der Waals surface area (Å²) in [5.41, 5.74) is 0.552. The topological polar surface area (TPSA) is 85.1 Å². The summed E-state index contributed by atoms with van der Waals surface area (Å²) in [6.45, 7) is 2.37. The first kappa shape index (κ1) is 20.0. The Labute approximate surface area is 168 Å². The van der Waals surface area contributed by atoms with E-state index in [1.165, 1.54) is 10.9 Å². The average molecular weight is 403 g/mol. The molecule has 28 heavy (non-hydrogen) atoms. The molecule has 1 aliphatic heterocycles. The Morgan fingerprint density at radius 1 is 1.29 bits per heavy atom. The van der Waals surface area contributed by atoms with Gasteiger partial charge in [-0.05, 0) is 12.1 Å². The zero-order valence-electron chi connectivity index (χ0n) is 15.6. The van der Waals surface area contributed by atoms with E-state index in [1.807, 2.05) is 40.9 Å². The highest BCUT2D eigenvalue weighted by Gasteiger charge is 2.30. The van der Waals surface area contributed by atoms with Crippen LogP contribution in [0.25, 0.3) is 10.9 Å². The quantitative estimate of drug-likeness (QED) is 0.706. The van der Waals surface area contributed by atoms with Crippen LogP contribution in [0.5, 0.6) is 0 Å². The number of imidazole rings is 1. The SMILES string of the molecule is Cl.Cn1ccnc1C1CNCCN1C(=O)CCn1cnc2ccccc2c1=O. The Balaban J connectivity index is 0.00000225. The molecule has 1 unspecified atom stereocenters. The number of nitrogens with zero attached hydrogens (tertiary/aromatic N) is 5. The maximum Gasteiger partial charge on any atom is 0.261 e. The van der Waals surface area contributed by atoms with Gasteiger partial charge in [0.05, 0.1) is 17.2 Å². The van der Waals surface area contributed by atoms with Gasteiger partial charge in [0.25, 0.3) is 5.56 Å². The standard InChI is InChI=1S/C19H22N6O2.ClH/c1-23-10-8-21-18(23)16-12-20-7-11-25(16)17(26)6-9-24-13-22-15-5-3-2-4-14(15)19(24)27;/h2-5,8,10,13,16,20H,6-7,9,11-12H2,1H3;1H. The van der Waals surface area contributed by atoms with Crippen molar-refractivity contribution in [2.75, 3.05) is 19.6 Å². The second kappa shape index (κ2) is 8.53. The molecule has 148 valence electrons. The van der Waals surface area contributed by atoms with Gasteiger partial charge >= 0.3 is 0 Å². The second-order valence-electron chi connectivity index (χ2n) is 6.71. The number of para-hydroxylation sites is 1. The Kier molecular flexibility index (Phi) is 6.11. The van der Waals surface area contributed by atoms with Gasteiger partial charge in [0.2, 0.25) is 5.91 Å². The average Bonchev–Trinajstić information content (AvgIpc) is 3.13. The van der Waals surface area contributed by atoms with Crippen LogP contribution in [0.4, 0.5) is 0 Å². The normalized spacial score (nSPS) is 16.8. The first-order valence-electron chi connectivity index (χ1n) is 9.07. The van der Waals surface area contributed by atoms with E-state index in [0.717, 1.165) is 12.4 Å². The van der Waals surface area contributed by atoms with Crippen molar-refractivity contribution in [3.8, 4) is 0 Å². The molecule has 1 atom stereocenters. The van der Waals surface area contributed by atoms with Crippen molar-refractivity contribution < 1.29 is 4.79 Å². The number of rotatable bonds is 4. The maximum absolute atomic E-state index is 12.9. The minimum atomic E-state index is -0.116. The number of hydrogen-bond acceptors (Lipinski definition) is 5. The molecule has 1 aliphatic rings. The highest BCUT2D eigenvalue weighted by molar-refractivity contribution is 5.85. The molecule has 4 rings (SSSR count). The lowest BCUT2D eigenvalue weighted by molar-refractivity contribution is -0.135. The van der Waals surface area contributed by atoms with E-state index in [4.69, 9.17) is 0 Å². The van der Waals surface area contributed by atoms with Crippen LogP contribution in [0.15, 0.2) is 47.8 Å². The minimum Gasteiger partial charge on any atom is -0.336 e. The van der Waals surface area contributed by atoms with E-state index in [9.17, 15) is 9.59 Å². The van der Waals surface area contributed by atoms with E-state index >= 15 is 0 Å². The van der Waals surface area contributed by atoms with Crippen LogP contribution in [-0.2, 0) is 18.4 Å². The lowest BCUT2D eigenvalue weighted by Gasteiger charge is -2.35. The first-order valence-corrected chi connectivity index (χ1v) is 9.07. The molecule has 8 nitrogen and oxygen atoms in total. The van der Waals surface area contributed by atoms with Crippen LogP contribution < -0.4 is 10.9 Å². The zero-order valence-corrected chi connectivity index (χ0v) is 16.4. The third-order valence-electron chi connectivity index (χ3n) is 5.02. The molecule has 0 saturated carbocycles. The molecule has 2 aromatic heterocycles. The van der Waals surface area contributed by atoms with Crippen LogP contribution in [-0.4, -0.2) is 49.5 Å². The summed E-state index contributed by atoms with van der Waals surface area (Å²) in [5, 5.41) is 3.90. The molecule has 0 radical (unpaired) electrons. The summed E-state index contributed by atoms with van der Waals surface area (Å²) in [7, 11) is 1.93. The summed E-state index contributed by atoms with van der Waals surface area (Å²) in [6.07, 6.45) is 5.40. The van der Waals surface area contributed by atoms with Gasteiger partial charge in [0.1, 0.15) is 11.9 Å². The van der Waals surface area contributed by atoms with Crippen molar-refractivity contribution in [3.05, 3.63) is 59.2 Å². The van der Waals surface area contributed by atoms with Gasteiger partial charge in [-0.2, -0.15) is 0 Å². The van der Waals surface area contributed by atoms with Crippen LogP contribution >= 0.6 is 12.4 Å². The van der Waals surface area contributed by atoms with Crippen LogP contribution in [0.3, 0.4) is 0 Å².